The van der Waals surface area contributed by atoms with Gasteiger partial charge in [0.15, 0.2) is 0 Å². The van der Waals surface area contributed by atoms with Gasteiger partial charge in [-0.05, 0) is 19.1 Å². The second-order valence-corrected chi connectivity index (χ2v) is 5.58. The summed E-state index contributed by atoms with van der Waals surface area (Å²) in [4.78, 5) is 0. The molecule has 0 spiro atoms. The topological polar surface area (TPSA) is 59.3 Å². The summed E-state index contributed by atoms with van der Waals surface area (Å²) in [7, 11) is -3.22. The molecule has 4 nitrogen and oxygen atoms in total. The molecule has 1 aromatic carbocycles. The average Bonchev–Trinajstić information content (AvgIpc) is 2.58. The summed E-state index contributed by atoms with van der Waals surface area (Å²) in [5, 5.41) is 0.972. The number of benzene rings is 1. The van der Waals surface area contributed by atoms with Crippen molar-refractivity contribution < 1.29 is 12.8 Å². The fraction of sp³-hybridized carbons (Fsp3) is 0.273. The van der Waals surface area contributed by atoms with E-state index >= 15 is 0 Å². The standard InChI is InChI=1S/C11H13NO3S/c1-8(12-16(2,13)14)11-7-9-5-3-4-6-10(9)15-11/h3-8,12H,1-2H3. The Labute approximate surface area is 94.3 Å². The van der Waals surface area contributed by atoms with Crippen LogP contribution in [0.1, 0.15) is 18.7 Å². The van der Waals surface area contributed by atoms with Crippen LogP contribution in [-0.4, -0.2) is 14.7 Å². The molecular formula is C11H13NO3S. The summed E-state index contributed by atoms with van der Waals surface area (Å²) in [6.45, 7) is 1.75. The molecule has 0 fully saturated rings. The Morgan fingerprint density at radius 3 is 2.62 bits per heavy atom. The fourth-order valence-corrected chi connectivity index (χ4v) is 2.35. The molecule has 1 unspecified atom stereocenters. The Kier molecular flexibility index (Phi) is 2.73. The van der Waals surface area contributed by atoms with Gasteiger partial charge in [0.05, 0.1) is 12.3 Å². The van der Waals surface area contributed by atoms with E-state index in [2.05, 4.69) is 4.72 Å². The van der Waals surface area contributed by atoms with Gasteiger partial charge in [0.2, 0.25) is 10.0 Å². The zero-order chi connectivity index (χ0) is 11.8. The molecule has 86 valence electrons. The highest BCUT2D eigenvalue weighted by Gasteiger charge is 2.14. The first-order valence-corrected chi connectivity index (χ1v) is 6.80. The molecule has 1 heterocycles. The average molecular weight is 239 g/mol. The summed E-state index contributed by atoms with van der Waals surface area (Å²) in [5.74, 6) is 0.617. The van der Waals surface area contributed by atoms with Gasteiger partial charge in [0, 0.05) is 5.39 Å². The SMILES string of the molecule is CC(NS(C)(=O)=O)c1cc2ccccc2o1. The summed E-state index contributed by atoms with van der Waals surface area (Å²) < 4.78 is 30.2. The van der Waals surface area contributed by atoms with Crippen molar-refractivity contribution in [2.45, 2.75) is 13.0 Å². The van der Waals surface area contributed by atoms with Crippen LogP contribution < -0.4 is 4.72 Å². The van der Waals surface area contributed by atoms with Crippen molar-refractivity contribution in [2.24, 2.45) is 0 Å². The molecule has 0 amide bonds. The van der Waals surface area contributed by atoms with Crippen LogP contribution in [0.25, 0.3) is 11.0 Å². The van der Waals surface area contributed by atoms with Crippen LogP contribution in [0.2, 0.25) is 0 Å². The zero-order valence-corrected chi connectivity index (χ0v) is 9.91. The predicted octanol–water partition coefficient (Wildman–Crippen LogP) is 2.04. The molecule has 2 aromatic rings. The van der Waals surface area contributed by atoms with Gasteiger partial charge in [-0.2, -0.15) is 0 Å². The third kappa shape index (κ3) is 2.43. The first kappa shape index (κ1) is 11.2. The van der Waals surface area contributed by atoms with Crippen LogP contribution >= 0.6 is 0 Å². The third-order valence-electron chi connectivity index (χ3n) is 2.26. The van der Waals surface area contributed by atoms with Gasteiger partial charge in [0.1, 0.15) is 11.3 Å². The van der Waals surface area contributed by atoms with Crippen LogP contribution in [0.4, 0.5) is 0 Å². The molecule has 0 aliphatic rings. The van der Waals surface area contributed by atoms with E-state index in [4.69, 9.17) is 4.42 Å². The summed E-state index contributed by atoms with van der Waals surface area (Å²) in [6.07, 6.45) is 1.13. The highest BCUT2D eigenvalue weighted by Crippen LogP contribution is 2.23. The number of sulfonamides is 1. The van der Waals surface area contributed by atoms with Crippen molar-refractivity contribution in [3.63, 3.8) is 0 Å². The molecule has 2 rings (SSSR count). The van der Waals surface area contributed by atoms with Crippen molar-refractivity contribution in [1.82, 2.24) is 4.72 Å². The van der Waals surface area contributed by atoms with E-state index < -0.39 is 10.0 Å². The van der Waals surface area contributed by atoms with Crippen molar-refractivity contribution in [3.05, 3.63) is 36.1 Å². The first-order chi connectivity index (χ1) is 7.46. The number of hydrogen-bond donors (Lipinski definition) is 1. The Hall–Kier alpha value is -1.33. The maximum absolute atomic E-state index is 11.1. The third-order valence-corrected chi connectivity index (χ3v) is 3.04. The van der Waals surface area contributed by atoms with Gasteiger partial charge in [-0.3, -0.25) is 0 Å². The number of fused-ring (bicyclic) bond motifs is 1. The largest absolute Gasteiger partial charge is 0.459 e. The first-order valence-electron chi connectivity index (χ1n) is 4.91. The molecular weight excluding hydrogens is 226 g/mol. The van der Waals surface area contributed by atoms with E-state index in [1.54, 1.807) is 6.92 Å². The zero-order valence-electron chi connectivity index (χ0n) is 9.10. The second-order valence-electron chi connectivity index (χ2n) is 3.80. The monoisotopic (exact) mass is 239 g/mol. The smallest absolute Gasteiger partial charge is 0.209 e. The minimum absolute atomic E-state index is 0.359. The number of furan rings is 1. The predicted molar refractivity (Wildman–Crippen MR) is 62.6 cm³/mol. The van der Waals surface area contributed by atoms with Gasteiger partial charge in [-0.25, -0.2) is 13.1 Å². The van der Waals surface area contributed by atoms with Crippen LogP contribution in [0.5, 0.6) is 0 Å². The molecule has 0 radical (unpaired) electrons. The molecule has 0 aliphatic heterocycles. The van der Waals surface area contributed by atoms with E-state index in [-0.39, 0.29) is 6.04 Å². The summed E-state index contributed by atoms with van der Waals surface area (Å²) >= 11 is 0. The normalized spacial score (nSPS) is 14.1. The minimum atomic E-state index is -3.22. The van der Waals surface area contributed by atoms with E-state index in [9.17, 15) is 8.42 Å². The van der Waals surface area contributed by atoms with Gasteiger partial charge in [-0.15, -0.1) is 0 Å². The lowest BCUT2D eigenvalue weighted by Crippen LogP contribution is -2.24. The number of nitrogens with one attached hydrogen (secondary N) is 1. The van der Waals surface area contributed by atoms with Gasteiger partial charge >= 0.3 is 0 Å². The lowest BCUT2D eigenvalue weighted by Gasteiger charge is -2.08. The lowest BCUT2D eigenvalue weighted by molar-refractivity contribution is 0.486. The van der Waals surface area contributed by atoms with Gasteiger partial charge in [-0.1, -0.05) is 18.2 Å². The van der Waals surface area contributed by atoms with Crippen LogP contribution in [0, 0.1) is 0 Å². The lowest BCUT2D eigenvalue weighted by atomic mass is 10.2. The molecule has 0 bridgehead atoms. The molecule has 1 aromatic heterocycles. The number of hydrogen-bond acceptors (Lipinski definition) is 3. The van der Waals surface area contributed by atoms with Crippen molar-refractivity contribution in [3.8, 4) is 0 Å². The molecule has 0 saturated carbocycles. The summed E-state index contributed by atoms with van der Waals surface area (Å²) in [5.41, 5.74) is 0.764. The highest BCUT2D eigenvalue weighted by atomic mass is 32.2. The molecule has 0 saturated heterocycles. The molecule has 1 atom stereocenters. The van der Waals surface area contributed by atoms with Gasteiger partial charge in [0.25, 0.3) is 0 Å². The second kappa shape index (κ2) is 3.92. The Morgan fingerprint density at radius 2 is 2.00 bits per heavy atom. The van der Waals surface area contributed by atoms with E-state index in [0.29, 0.717) is 5.76 Å². The highest BCUT2D eigenvalue weighted by molar-refractivity contribution is 7.88. The fourth-order valence-electron chi connectivity index (χ4n) is 1.59. The van der Waals surface area contributed by atoms with Gasteiger partial charge < -0.3 is 4.42 Å². The number of rotatable bonds is 3. The van der Waals surface area contributed by atoms with Crippen molar-refractivity contribution in [1.29, 1.82) is 0 Å². The van der Waals surface area contributed by atoms with E-state index in [1.165, 1.54) is 0 Å². The van der Waals surface area contributed by atoms with E-state index in [0.717, 1.165) is 17.2 Å². The Bertz CT molecular complexity index is 567. The Morgan fingerprint density at radius 1 is 1.31 bits per heavy atom. The number of para-hydroxylation sites is 1. The van der Waals surface area contributed by atoms with E-state index in [1.807, 2.05) is 30.3 Å². The van der Waals surface area contributed by atoms with Crippen LogP contribution in [-0.2, 0) is 10.0 Å². The minimum Gasteiger partial charge on any atom is -0.459 e. The van der Waals surface area contributed by atoms with Crippen molar-refractivity contribution >= 4 is 21.0 Å². The van der Waals surface area contributed by atoms with Crippen LogP contribution in [0.3, 0.4) is 0 Å². The molecule has 1 N–H and O–H groups in total. The van der Waals surface area contributed by atoms with Crippen molar-refractivity contribution in [2.75, 3.05) is 6.26 Å². The maximum atomic E-state index is 11.1. The quantitative estimate of drug-likeness (QED) is 0.891. The molecule has 0 aliphatic carbocycles. The molecule has 16 heavy (non-hydrogen) atoms. The summed E-state index contributed by atoms with van der Waals surface area (Å²) in [6, 6.07) is 9.06. The van der Waals surface area contributed by atoms with Crippen LogP contribution in [0.15, 0.2) is 34.7 Å². The molecule has 5 heteroatoms. The maximum Gasteiger partial charge on any atom is 0.209 e. The Balaban J connectivity index is 2.33.